The van der Waals surface area contributed by atoms with Crippen LogP contribution in [0.2, 0.25) is 0 Å². The summed E-state index contributed by atoms with van der Waals surface area (Å²) < 4.78 is 0. The zero-order chi connectivity index (χ0) is 15.2. The number of carbonyl (C=O) groups is 1. The molecule has 2 N–H and O–H groups in total. The second kappa shape index (κ2) is 7.07. The molecule has 0 fully saturated rings. The van der Waals surface area contributed by atoms with Gasteiger partial charge in [0.25, 0.3) is 5.91 Å². The molecule has 0 aliphatic carbocycles. The number of carbonyl (C=O) groups excluding carboxylic acids is 1. The van der Waals surface area contributed by atoms with E-state index in [1.807, 2.05) is 43.5 Å². The summed E-state index contributed by atoms with van der Waals surface area (Å²) in [5, 5.41) is 13.5. The Morgan fingerprint density at radius 2 is 2.14 bits per heavy atom. The predicted molar refractivity (Wildman–Crippen MR) is 86.8 cm³/mol. The van der Waals surface area contributed by atoms with Crippen molar-refractivity contribution in [2.45, 2.75) is 20.3 Å². The van der Waals surface area contributed by atoms with E-state index in [0.29, 0.717) is 16.9 Å². The lowest BCUT2D eigenvalue weighted by Gasteiger charge is -2.09. The average molecular weight is 299 g/mol. The van der Waals surface area contributed by atoms with Crippen molar-refractivity contribution in [3.05, 3.63) is 51.2 Å². The molecule has 0 saturated heterocycles. The third-order valence-electron chi connectivity index (χ3n) is 3.18. The van der Waals surface area contributed by atoms with Gasteiger partial charge in [-0.2, -0.15) is 0 Å². The molecule has 3 nitrogen and oxygen atoms in total. The van der Waals surface area contributed by atoms with E-state index in [9.17, 15) is 4.79 Å². The summed E-state index contributed by atoms with van der Waals surface area (Å²) in [6, 6.07) is 7.66. The second-order valence-electron chi connectivity index (χ2n) is 4.64. The van der Waals surface area contributed by atoms with Crippen molar-refractivity contribution < 1.29 is 9.90 Å². The second-order valence-corrected chi connectivity index (χ2v) is 5.56. The van der Waals surface area contributed by atoms with Gasteiger partial charge in [0.1, 0.15) is 4.88 Å². The van der Waals surface area contributed by atoms with E-state index in [4.69, 9.17) is 5.11 Å². The lowest BCUT2D eigenvalue weighted by Crippen LogP contribution is -2.12. The van der Waals surface area contributed by atoms with E-state index in [0.717, 1.165) is 16.8 Å². The Bertz CT molecular complexity index is 707. The molecule has 0 aliphatic rings. The fraction of sp³-hybridized carbons (Fsp3) is 0.235. The first-order chi connectivity index (χ1) is 10.1. The smallest absolute Gasteiger partial charge is 0.267 e. The number of anilines is 1. The molecule has 21 heavy (non-hydrogen) atoms. The van der Waals surface area contributed by atoms with Gasteiger partial charge >= 0.3 is 0 Å². The van der Waals surface area contributed by atoms with Gasteiger partial charge in [-0.1, -0.05) is 24.0 Å². The van der Waals surface area contributed by atoms with Crippen LogP contribution in [0.1, 0.15) is 32.8 Å². The molecule has 0 radical (unpaired) electrons. The number of thiophene rings is 1. The van der Waals surface area contributed by atoms with Crippen LogP contribution in [0.4, 0.5) is 5.69 Å². The van der Waals surface area contributed by atoms with Gasteiger partial charge in [0.2, 0.25) is 0 Å². The first-order valence-electron chi connectivity index (χ1n) is 6.68. The standard InChI is InChI=1S/C17H17NO2S/c1-12-6-5-8-15(13(12)2)18-17(20)16-14(9-11-21-16)7-3-4-10-19/h5-6,8-9,11,19H,4,10H2,1-2H3,(H,18,20). The van der Waals surface area contributed by atoms with Crippen LogP contribution in [0, 0.1) is 25.7 Å². The molecule has 1 aromatic heterocycles. The van der Waals surface area contributed by atoms with Gasteiger partial charge in [0.15, 0.2) is 0 Å². The van der Waals surface area contributed by atoms with Crippen molar-refractivity contribution in [1.82, 2.24) is 0 Å². The molecule has 0 aliphatic heterocycles. The number of aliphatic hydroxyl groups is 1. The van der Waals surface area contributed by atoms with Crippen LogP contribution in [-0.2, 0) is 0 Å². The van der Waals surface area contributed by atoms with Gasteiger partial charge < -0.3 is 10.4 Å². The van der Waals surface area contributed by atoms with Crippen molar-refractivity contribution >= 4 is 22.9 Å². The largest absolute Gasteiger partial charge is 0.395 e. The minimum atomic E-state index is -0.146. The zero-order valence-electron chi connectivity index (χ0n) is 12.1. The molecule has 2 rings (SSSR count). The van der Waals surface area contributed by atoms with Gasteiger partial charge in [-0.15, -0.1) is 11.3 Å². The number of hydrogen-bond acceptors (Lipinski definition) is 3. The molecule has 1 amide bonds. The molecule has 4 heteroatoms. The Labute approximate surface area is 128 Å². The van der Waals surface area contributed by atoms with Gasteiger partial charge in [-0.3, -0.25) is 4.79 Å². The lowest BCUT2D eigenvalue weighted by atomic mass is 10.1. The van der Waals surface area contributed by atoms with Crippen molar-refractivity contribution in [3.63, 3.8) is 0 Å². The topological polar surface area (TPSA) is 49.3 Å². The number of hydrogen-bond donors (Lipinski definition) is 2. The zero-order valence-corrected chi connectivity index (χ0v) is 12.9. The lowest BCUT2D eigenvalue weighted by molar-refractivity contribution is 0.103. The third kappa shape index (κ3) is 3.72. The van der Waals surface area contributed by atoms with E-state index in [-0.39, 0.29) is 12.5 Å². The van der Waals surface area contributed by atoms with Gasteiger partial charge in [-0.25, -0.2) is 0 Å². The third-order valence-corrected chi connectivity index (χ3v) is 4.10. The quantitative estimate of drug-likeness (QED) is 0.854. The van der Waals surface area contributed by atoms with Crippen molar-refractivity contribution in [2.24, 2.45) is 0 Å². The fourth-order valence-corrected chi connectivity index (χ4v) is 2.61. The van der Waals surface area contributed by atoms with Gasteiger partial charge in [0, 0.05) is 17.7 Å². The maximum absolute atomic E-state index is 12.4. The summed E-state index contributed by atoms with van der Waals surface area (Å²) in [6.07, 6.45) is 0.411. The summed E-state index contributed by atoms with van der Waals surface area (Å²) in [5.74, 6) is 5.62. The number of aryl methyl sites for hydroxylation is 1. The molecule has 0 atom stereocenters. The SMILES string of the molecule is Cc1cccc(NC(=O)c2sccc2C#CCCO)c1C. The molecule has 0 saturated carbocycles. The number of rotatable bonds is 3. The summed E-state index contributed by atoms with van der Waals surface area (Å²) in [7, 11) is 0. The highest BCUT2D eigenvalue weighted by Crippen LogP contribution is 2.21. The molecule has 1 aromatic carbocycles. The van der Waals surface area contributed by atoms with Crippen molar-refractivity contribution in [2.75, 3.05) is 11.9 Å². The minimum absolute atomic E-state index is 0.0289. The van der Waals surface area contributed by atoms with E-state index < -0.39 is 0 Å². The Hall–Kier alpha value is -2.09. The van der Waals surface area contributed by atoms with Crippen LogP contribution in [0.3, 0.4) is 0 Å². The maximum Gasteiger partial charge on any atom is 0.267 e. The van der Waals surface area contributed by atoms with E-state index in [1.54, 1.807) is 0 Å². The van der Waals surface area contributed by atoms with Crippen LogP contribution in [0.25, 0.3) is 0 Å². The molecule has 0 bridgehead atoms. The van der Waals surface area contributed by atoms with Crippen molar-refractivity contribution in [3.8, 4) is 11.8 Å². The Morgan fingerprint density at radius 1 is 1.33 bits per heavy atom. The Kier molecular flexibility index (Phi) is 5.15. The van der Waals surface area contributed by atoms with Crippen LogP contribution in [0.5, 0.6) is 0 Å². The monoisotopic (exact) mass is 299 g/mol. The van der Waals surface area contributed by atoms with E-state index in [2.05, 4.69) is 17.2 Å². The van der Waals surface area contributed by atoms with Crippen molar-refractivity contribution in [1.29, 1.82) is 0 Å². The highest BCUT2D eigenvalue weighted by atomic mass is 32.1. The normalized spacial score (nSPS) is 9.86. The summed E-state index contributed by atoms with van der Waals surface area (Å²) in [4.78, 5) is 13.0. The van der Waals surface area contributed by atoms with Gasteiger partial charge in [-0.05, 0) is 42.5 Å². The van der Waals surface area contributed by atoms with Crippen LogP contribution in [-0.4, -0.2) is 17.6 Å². The highest BCUT2D eigenvalue weighted by Gasteiger charge is 2.13. The number of benzene rings is 1. The maximum atomic E-state index is 12.4. The fourth-order valence-electron chi connectivity index (χ4n) is 1.86. The molecule has 1 heterocycles. The molecule has 0 unspecified atom stereocenters. The summed E-state index contributed by atoms with van der Waals surface area (Å²) in [6.45, 7) is 4.03. The summed E-state index contributed by atoms with van der Waals surface area (Å²) >= 11 is 1.37. The molecule has 2 aromatic rings. The van der Waals surface area contributed by atoms with Crippen LogP contribution < -0.4 is 5.32 Å². The minimum Gasteiger partial charge on any atom is -0.395 e. The Morgan fingerprint density at radius 3 is 2.90 bits per heavy atom. The molecular formula is C17H17NO2S. The molecule has 0 spiro atoms. The number of amides is 1. The predicted octanol–water partition coefficient (Wildman–Crippen LogP) is 3.35. The highest BCUT2D eigenvalue weighted by molar-refractivity contribution is 7.12. The summed E-state index contributed by atoms with van der Waals surface area (Å²) in [5.41, 5.74) is 3.73. The molecule has 108 valence electrons. The van der Waals surface area contributed by atoms with Gasteiger partial charge in [0.05, 0.1) is 6.61 Å². The van der Waals surface area contributed by atoms with E-state index in [1.165, 1.54) is 11.3 Å². The molecular weight excluding hydrogens is 282 g/mol. The average Bonchev–Trinajstić information content (AvgIpc) is 2.93. The number of aliphatic hydroxyl groups excluding tert-OH is 1. The van der Waals surface area contributed by atoms with Crippen LogP contribution in [0.15, 0.2) is 29.6 Å². The Balaban J connectivity index is 2.20. The van der Waals surface area contributed by atoms with Crippen LogP contribution >= 0.6 is 11.3 Å². The first kappa shape index (κ1) is 15.3. The number of nitrogens with one attached hydrogen (secondary N) is 1. The van der Waals surface area contributed by atoms with E-state index >= 15 is 0 Å². The first-order valence-corrected chi connectivity index (χ1v) is 7.56.